The first kappa shape index (κ1) is 14.9. The maximum absolute atomic E-state index is 10.8. The van der Waals surface area contributed by atoms with Gasteiger partial charge in [-0.05, 0) is 42.9 Å². The molecule has 0 atom stereocenters. The number of nitrogens with zero attached hydrogens (tertiary/aromatic N) is 2. The second kappa shape index (κ2) is 6.42. The fourth-order valence-electron chi connectivity index (χ4n) is 3.25. The summed E-state index contributed by atoms with van der Waals surface area (Å²) in [6, 6.07) is 2.72. The average Bonchev–Trinajstić information content (AvgIpc) is 3.05. The molecule has 2 aliphatic rings. The van der Waals surface area contributed by atoms with Gasteiger partial charge in [0.1, 0.15) is 0 Å². The third-order valence-electron chi connectivity index (χ3n) is 4.75. The Morgan fingerprint density at radius 3 is 2.81 bits per heavy atom. The van der Waals surface area contributed by atoms with Crippen LogP contribution in [0.4, 0.5) is 0 Å². The maximum Gasteiger partial charge on any atom is 0.303 e. The molecule has 0 aliphatic heterocycles. The van der Waals surface area contributed by atoms with E-state index in [0.29, 0.717) is 12.5 Å². The number of aliphatic carboxylic acids is 1. The standard InChI is InChI=1S/C16H24N2O2S/c19-15(20)10-16(7-8-16)12-21-11-13-6-9-18(17-13)14-4-2-1-3-5-14/h6,9,14H,1-5,7-8,10-12H2,(H,19,20). The molecule has 2 aliphatic carbocycles. The molecule has 0 saturated heterocycles. The van der Waals surface area contributed by atoms with Crippen LogP contribution >= 0.6 is 11.8 Å². The number of aromatic nitrogens is 2. The second-order valence-electron chi connectivity index (χ2n) is 6.64. The van der Waals surface area contributed by atoms with E-state index >= 15 is 0 Å². The van der Waals surface area contributed by atoms with Crippen molar-refractivity contribution in [1.82, 2.24) is 9.78 Å². The highest BCUT2D eigenvalue weighted by molar-refractivity contribution is 7.98. The molecule has 0 bridgehead atoms. The predicted octanol–water partition coefficient (Wildman–Crippen LogP) is 3.88. The summed E-state index contributed by atoms with van der Waals surface area (Å²) in [5.74, 6) is 1.20. The number of thioether (sulfide) groups is 1. The molecule has 2 saturated carbocycles. The summed E-state index contributed by atoms with van der Waals surface area (Å²) in [5, 5.41) is 13.6. The lowest BCUT2D eigenvalue weighted by atomic mass is 9.96. The summed E-state index contributed by atoms with van der Waals surface area (Å²) in [6.07, 6.45) is 11.1. The van der Waals surface area contributed by atoms with Crippen LogP contribution in [0.1, 0.15) is 63.1 Å². The molecule has 1 aromatic heterocycles. The molecule has 4 nitrogen and oxygen atoms in total. The number of hydrogen-bond donors (Lipinski definition) is 1. The second-order valence-corrected chi connectivity index (χ2v) is 7.63. The zero-order chi connectivity index (χ0) is 14.7. The highest BCUT2D eigenvalue weighted by Gasteiger charge is 2.44. The van der Waals surface area contributed by atoms with Crippen LogP contribution in [0.5, 0.6) is 0 Å². The Morgan fingerprint density at radius 1 is 1.38 bits per heavy atom. The lowest BCUT2D eigenvalue weighted by Gasteiger charge is -2.21. The van der Waals surface area contributed by atoms with Crippen molar-refractivity contribution in [3.8, 4) is 0 Å². The van der Waals surface area contributed by atoms with Gasteiger partial charge >= 0.3 is 5.97 Å². The van der Waals surface area contributed by atoms with Gasteiger partial charge in [-0.15, -0.1) is 0 Å². The van der Waals surface area contributed by atoms with Crippen molar-refractivity contribution in [3.63, 3.8) is 0 Å². The van der Waals surface area contributed by atoms with Gasteiger partial charge in [0, 0.05) is 11.9 Å². The van der Waals surface area contributed by atoms with Crippen LogP contribution in [0.25, 0.3) is 0 Å². The van der Waals surface area contributed by atoms with Gasteiger partial charge < -0.3 is 5.11 Å². The quantitative estimate of drug-likeness (QED) is 0.830. The largest absolute Gasteiger partial charge is 0.481 e. The maximum atomic E-state index is 10.8. The Labute approximate surface area is 130 Å². The minimum atomic E-state index is -0.658. The van der Waals surface area contributed by atoms with Crippen LogP contribution in [0.15, 0.2) is 12.3 Å². The van der Waals surface area contributed by atoms with Crippen molar-refractivity contribution < 1.29 is 9.90 Å². The van der Waals surface area contributed by atoms with E-state index < -0.39 is 5.97 Å². The smallest absolute Gasteiger partial charge is 0.303 e. The Bertz CT molecular complexity index is 490. The number of hydrogen-bond acceptors (Lipinski definition) is 3. The van der Waals surface area contributed by atoms with Crippen LogP contribution in [0.2, 0.25) is 0 Å². The van der Waals surface area contributed by atoms with Crippen LogP contribution in [0, 0.1) is 5.41 Å². The van der Waals surface area contributed by atoms with Crippen LogP contribution in [-0.2, 0) is 10.5 Å². The predicted molar refractivity (Wildman–Crippen MR) is 84.4 cm³/mol. The monoisotopic (exact) mass is 308 g/mol. The molecule has 0 aromatic carbocycles. The summed E-state index contributed by atoms with van der Waals surface area (Å²) in [5.41, 5.74) is 1.22. The highest BCUT2D eigenvalue weighted by Crippen LogP contribution is 2.51. The first-order chi connectivity index (χ1) is 10.2. The minimum Gasteiger partial charge on any atom is -0.481 e. The molecule has 0 radical (unpaired) electrons. The Hall–Kier alpha value is -0.970. The SMILES string of the molecule is O=C(O)CC1(CSCc2ccn(C3CCCCC3)n2)CC1. The van der Waals surface area contributed by atoms with E-state index in [1.165, 1.54) is 32.1 Å². The zero-order valence-corrected chi connectivity index (χ0v) is 13.3. The summed E-state index contributed by atoms with van der Waals surface area (Å²) in [6.45, 7) is 0. The number of rotatable bonds is 7. The van der Waals surface area contributed by atoms with Crippen molar-refractivity contribution in [2.24, 2.45) is 5.41 Å². The third kappa shape index (κ3) is 4.02. The molecule has 1 heterocycles. The molecule has 5 heteroatoms. The molecule has 1 aromatic rings. The van der Waals surface area contributed by atoms with Crippen LogP contribution in [0.3, 0.4) is 0 Å². The van der Waals surface area contributed by atoms with E-state index in [0.717, 1.165) is 30.0 Å². The summed E-state index contributed by atoms with van der Waals surface area (Å²) < 4.78 is 2.15. The van der Waals surface area contributed by atoms with E-state index in [4.69, 9.17) is 10.2 Å². The molecular formula is C16H24N2O2S. The van der Waals surface area contributed by atoms with Gasteiger partial charge in [0.25, 0.3) is 0 Å². The van der Waals surface area contributed by atoms with Gasteiger partial charge in [0.05, 0.1) is 18.2 Å². The van der Waals surface area contributed by atoms with Crippen molar-refractivity contribution in [2.45, 2.75) is 63.2 Å². The lowest BCUT2D eigenvalue weighted by molar-refractivity contribution is -0.138. The minimum absolute atomic E-state index is 0.0857. The van der Waals surface area contributed by atoms with Gasteiger partial charge in [-0.2, -0.15) is 16.9 Å². The first-order valence-corrected chi connectivity index (χ1v) is 9.16. The van der Waals surface area contributed by atoms with E-state index in [1.54, 1.807) is 0 Å². The molecule has 2 fully saturated rings. The van der Waals surface area contributed by atoms with Crippen LogP contribution in [-0.4, -0.2) is 26.6 Å². The van der Waals surface area contributed by atoms with Gasteiger partial charge in [0.15, 0.2) is 0 Å². The molecular weight excluding hydrogens is 284 g/mol. The average molecular weight is 308 g/mol. The molecule has 0 amide bonds. The Morgan fingerprint density at radius 2 is 2.14 bits per heavy atom. The zero-order valence-electron chi connectivity index (χ0n) is 12.5. The van der Waals surface area contributed by atoms with Crippen LogP contribution < -0.4 is 0 Å². The van der Waals surface area contributed by atoms with Crippen molar-refractivity contribution >= 4 is 17.7 Å². The topological polar surface area (TPSA) is 55.1 Å². The van der Waals surface area contributed by atoms with E-state index in [1.807, 2.05) is 11.8 Å². The Balaban J connectivity index is 1.45. The summed E-state index contributed by atoms with van der Waals surface area (Å²) in [7, 11) is 0. The van der Waals surface area contributed by atoms with Crippen molar-refractivity contribution in [2.75, 3.05) is 5.75 Å². The van der Waals surface area contributed by atoms with E-state index in [-0.39, 0.29) is 5.41 Å². The van der Waals surface area contributed by atoms with Gasteiger partial charge in [-0.3, -0.25) is 9.48 Å². The number of carboxylic acid groups (broad SMARTS) is 1. The van der Waals surface area contributed by atoms with Gasteiger partial charge in [0.2, 0.25) is 0 Å². The molecule has 1 N–H and O–H groups in total. The molecule has 21 heavy (non-hydrogen) atoms. The molecule has 116 valence electrons. The fourth-order valence-corrected chi connectivity index (χ4v) is 4.53. The number of carboxylic acids is 1. The molecule has 3 rings (SSSR count). The van der Waals surface area contributed by atoms with Crippen molar-refractivity contribution in [3.05, 3.63) is 18.0 Å². The van der Waals surface area contributed by atoms with Gasteiger partial charge in [-0.1, -0.05) is 19.3 Å². The number of carbonyl (C=O) groups is 1. The highest BCUT2D eigenvalue weighted by atomic mass is 32.2. The molecule has 0 unspecified atom stereocenters. The molecule has 0 spiro atoms. The third-order valence-corrected chi connectivity index (χ3v) is 6.07. The summed E-state index contributed by atoms with van der Waals surface area (Å²) >= 11 is 1.84. The van der Waals surface area contributed by atoms with E-state index in [2.05, 4.69) is 16.9 Å². The van der Waals surface area contributed by atoms with Gasteiger partial charge in [-0.25, -0.2) is 0 Å². The normalized spacial score (nSPS) is 21.3. The Kier molecular flexibility index (Phi) is 4.57. The fraction of sp³-hybridized carbons (Fsp3) is 0.750. The summed E-state index contributed by atoms with van der Waals surface area (Å²) in [4.78, 5) is 10.8. The van der Waals surface area contributed by atoms with Crippen molar-refractivity contribution in [1.29, 1.82) is 0 Å². The lowest BCUT2D eigenvalue weighted by Crippen LogP contribution is -2.13. The van der Waals surface area contributed by atoms with E-state index in [9.17, 15) is 4.79 Å². The first-order valence-electron chi connectivity index (χ1n) is 8.00.